The molecule has 7 heteroatoms. The third kappa shape index (κ3) is 4.72. The molecule has 0 fully saturated rings. The molecule has 0 saturated heterocycles. The SMILES string of the molecule is CC1(C)C[C@H](NC(=O)COc2cccc(C(F)(F)F)c2)c2ccccc2O1. The number of para-hydroxylation sites is 1. The zero-order valence-corrected chi connectivity index (χ0v) is 15.0. The lowest BCUT2D eigenvalue weighted by molar-refractivity contribution is -0.137. The lowest BCUT2D eigenvalue weighted by atomic mass is 9.90. The molecule has 1 amide bonds. The summed E-state index contributed by atoms with van der Waals surface area (Å²) in [7, 11) is 0. The fourth-order valence-corrected chi connectivity index (χ4v) is 3.08. The smallest absolute Gasteiger partial charge is 0.416 e. The molecule has 1 aliphatic rings. The molecule has 2 aromatic carbocycles. The standard InChI is InChI=1S/C20H20F3NO3/c1-19(2)11-16(15-8-3-4-9-17(15)27-19)24-18(25)12-26-14-7-5-6-13(10-14)20(21,22)23/h3-10,16H,11-12H2,1-2H3,(H,24,25)/t16-/m0/s1. The van der Waals surface area contributed by atoms with E-state index in [-0.39, 0.29) is 18.4 Å². The van der Waals surface area contributed by atoms with Gasteiger partial charge in [-0.2, -0.15) is 13.2 Å². The highest BCUT2D eigenvalue weighted by molar-refractivity contribution is 5.78. The average Bonchev–Trinajstić information content (AvgIpc) is 2.58. The first kappa shape index (κ1) is 19.1. The molecule has 0 aromatic heterocycles. The summed E-state index contributed by atoms with van der Waals surface area (Å²) in [5.41, 5.74) is -0.404. The number of ether oxygens (including phenoxy) is 2. The Kier molecular flexibility index (Phi) is 5.04. The van der Waals surface area contributed by atoms with E-state index in [0.717, 1.165) is 17.7 Å². The quantitative estimate of drug-likeness (QED) is 0.851. The second-order valence-electron chi connectivity index (χ2n) is 7.04. The predicted octanol–water partition coefficient (Wildman–Crippen LogP) is 4.50. The third-order valence-corrected chi connectivity index (χ3v) is 4.24. The Balaban J connectivity index is 1.65. The maximum Gasteiger partial charge on any atom is 0.416 e. The third-order valence-electron chi connectivity index (χ3n) is 4.24. The van der Waals surface area contributed by atoms with Crippen LogP contribution in [0.15, 0.2) is 48.5 Å². The van der Waals surface area contributed by atoms with Gasteiger partial charge in [0.1, 0.15) is 17.1 Å². The van der Waals surface area contributed by atoms with E-state index >= 15 is 0 Å². The van der Waals surface area contributed by atoms with Crippen molar-refractivity contribution in [2.24, 2.45) is 0 Å². The van der Waals surface area contributed by atoms with Gasteiger partial charge < -0.3 is 14.8 Å². The molecule has 2 aromatic rings. The van der Waals surface area contributed by atoms with Crippen LogP contribution in [0.25, 0.3) is 0 Å². The van der Waals surface area contributed by atoms with Gasteiger partial charge >= 0.3 is 6.18 Å². The molecular formula is C20H20F3NO3. The molecule has 0 aliphatic carbocycles. The summed E-state index contributed by atoms with van der Waals surface area (Å²) >= 11 is 0. The molecule has 144 valence electrons. The fourth-order valence-electron chi connectivity index (χ4n) is 3.08. The molecule has 27 heavy (non-hydrogen) atoms. The largest absolute Gasteiger partial charge is 0.487 e. The molecule has 1 N–H and O–H groups in total. The van der Waals surface area contributed by atoms with Gasteiger partial charge in [0.15, 0.2) is 6.61 Å². The maximum atomic E-state index is 12.7. The van der Waals surface area contributed by atoms with Gasteiger partial charge in [-0.15, -0.1) is 0 Å². The van der Waals surface area contributed by atoms with Crippen LogP contribution < -0.4 is 14.8 Å². The minimum Gasteiger partial charge on any atom is -0.487 e. The van der Waals surface area contributed by atoms with Crippen LogP contribution in [0.4, 0.5) is 13.2 Å². The summed E-state index contributed by atoms with van der Waals surface area (Å²) < 4.78 is 49.4. The summed E-state index contributed by atoms with van der Waals surface area (Å²) in [6.07, 6.45) is -3.89. The van der Waals surface area contributed by atoms with Crippen molar-refractivity contribution in [3.63, 3.8) is 0 Å². The number of carbonyl (C=O) groups is 1. The summed E-state index contributed by atoms with van der Waals surface area (Å²) in [5, 5.41) is 2.88. The molecule has 1 atom stereocenters. The van der Waals surface area contributed by atoms with Gasteiger partial charge in [0.05, 0.1) is 11.6 Å². The number of fused-ring (bicyclic) bond motifs is 1. The van der Waals surface area contributed by atoms with Crippen molar-refractivity contribution >= 4 is 5.91 Å². The van der Waals surface area contributed by atoms with Gasteiger partial charge in [0.25, 0.3) is 5.91 Å². The van der Waals surface area contributed by atoms with Crippen LogP contribution in [0.1, 0.15) is 37.4 Å². The van der Waals surface area contributed by atoms with E-state index in [4.69, 9.17) is 9.47 Å². The predicted molar refractivity (Wildman–Crippen MR) is 93.6 cm³/mol. The van der Waals surface area contributed by atoms with Gasteiger partial charge in [0, 0.05) is 12.0 Å². The Morgan fingerprint density at radius 2 is 1.96 bits per heavy atom. The van der Waals surface area contributed by atoms with Crippen LogP contribution in [0, 0.1) is 0 Å². The van der Waals surface area contributed by atoms with Crippen LogP contribution in [0.2, 0.25) is 0 Å². The zero-order chi connectivity index (χ0) is 19.7. The molecule has 1 aliphatic heterocycles. The van der Waals surface area contributed by atoms with E-state index in [9.17, 15) is 18.0 Å². The Hall–Kier alpha value is -2.70. The first-order valence-corrected chi connectivity index (χ1v) is 8.51. The Labute approximate surface area is 155 Å². The van der Waals surface area contributed by atoms with Crippen molar-refractivity contribution in [2.45, 2.75) is 38.1 Å². The molecule has 0 bridgehead atoms. The summed E-state index contributed by atoms with van der Waals surface area (Å²) in [5.74, 6) is 0.287. The van der Waals surface area contributed by atoms with E-state index < -0.39 is 23.2 Å². The number of hydrogen-bond donors (Lipinski definition) is 1. The summed E-state index contributed by atoms with van der Waals surface area (Å²) in [6, 6.07) is 11.6. The lowest BCUT2D eigenvalue weighted by Crippen LogP contribution is -2.42. The second-order valence-corrected chi connectivity index (χ2v) is 7.04. The van der Waals surface area contributed by atoms with E-state index in [1.54, 1.807) is 0 Å². The Bertz CT molecular complexity index is 833. The van der Waals surface area contributed by atoms with Crippen molar-refractivity contribution in [1.82, 2.24) is 5.32 Å². The van der Waals surface area contributed by atoms with Crippen LogP contribution in [-0.4, -0.2) is 18.1 Å². The minimum absolute atomic E-state index is 0.00678. The van der Waals surface area contributed by atoms with Crippen molar-refractivity contribution in [1.29, 1.82) is 0 Å². The van der Waals surface area contributed by atoms with Crippen molar-refractivity contribution in [2.75, 3.05) is 6.61 Å². The highest BCUT2D eigenvalue weighted by Crippen LogP contribution is 2.39. The van der Waals surface area contributed by atoms with Gasteiger partial charge in [-0.1, -0.05) is 24.3 Å². The van der Waals surface area contributed by atoms with E-state index in [0.29, 0.717) is 12.2 Å². The van der Waals surface area contributed by atoms with Crippen LogP contribution in [0.5, 0.6) is 11.5 Å². The molecule has 1 heterocycles. The minimum atomic E-state index is -4.46. The summed E-state index contributed by atoms with van der Waals surface area (Å²) in [6.45, 7) is 3.49. The number of carbonyl (C=O) groups excluding carboxylic acids is 1. The van der Waals surface area contributed by atoms with Gasteiger partial charge in [-0.25, -0.2) is 0 Å². The average molecular weight is 379 g/mol. The molecule has 3 rings (SSSR count). The van der Waals surface area contributed by atoms with Gasteiger partial charge in [0.2, 0.25) is 0 Å². The highest BCUT2D eigenvalue weighted by Gasteiger charge is 2.34. The maximum absolute atomic E-state index is 12.7. The zero-order valence-electron chi connectivity index (χ0n) is 15.0. The number of nitrogens with one attached hydrogen (secondary N) is 1. The highest BCUT2D eigenvalue weighted by atomic mass is 19.4. The lowest BCUT2D eigenvalue weighted by Gasteiger charge is -2.37. The molecular weight excluding hydrogens is 359 g/mol. The van der Waals surface area contributed by atoms with Crippen molar-refractivity contribution in [3.8, 4) is 11.5 Å². The first-order valence-electron chi connectivity index (χ1n) is 8.51. The van der Waals surface area contributed by atoms with E-state index in [1.165, 1.54) is 12.1 Å². The number of alkyl halides is 3. The Morgan fingerprint density at radius 1 is 1.22 bits per heavy atom. The number of benzene rings is 2. The molecule has 4 nitrogen and oxygen atoms in total. The van der Waals surface area contributed by atoms with Crippen molar-refractivity contribution < 1.29 is 27.4 Å². The van der Waals surface area contributed by atoms with Crippen molar-refractivity contribution in [3.05, 3.63) is 59.7 Å². The number of hydrogen-bond acceptors (Lipinski definition) is 3. The van der Waals surface area contributed by atoms with E-state index in [1.807, 2.05) is 38.1 Å². The van der Waals surface area contributed by atoms with Gasteiger partial charge in [-0.3, -0.25) is 4.79 Å². The molecule has 0 radical (unpaired) electrons. The monoisotopic (exact) mass is 379 g/mol. The second kappa shape index (κ2) is 7.13. The first-order chi connectivity index (χ1) is 12.6. The van der Waals surface area contributed by atoms with E-state index in [2.05, 4.69) is 5.32 Å². The fraction of sp³-hybridized carbons (Fsp3) is 0.350. The van der Waals surface area contributed by atoms with Crippen LogP contribution in [-0.2, 0) is 11.0 Å². The van der Waals surface area contributed by atoms with Crippen LogP contribution >= 0.6 is 0 Å². The number of halogens is 3. The summed E-state index contributed by atoms with van der Waals surface area (Å²) in [4.78, 5) is 12.3. The normalized spacial score (nSPS) is 18.2. The number of rotatable bonds is 4. The molecule has 0 saturated carbocycles. The Morgan fingerprint density at radius 3 is 2.70 bits per heavy atom. The topological polar surface area (TPSA) is 47.6 Å². The molecule has 0 unspecified atom stereocenters. The van der Waals surface area contributed by atoms with Gasteiger partial charge in [-0.05, 0) is 38.1 Å². The number of amides is 1. The van der Waals surface area contributed by atoms with Crippen LogP contribution in [0.3, 0.4) is 0 Å². The molecule has 0 spiro atoms.